The minimum atomic E-state index is -0.367. The molecule has 24 heavy (non-hydrogen) atoms. The van der Waals surface area contributed by atoms with Crippen LogP contribution in [0.3, 0.4) is 0 Å². The van der Waals surface area contributed by atoms with E-state index in [0.29, 0.717) is 13.1 Å². The van der Waals surface area contributed by atoms with Gasteiger partial charge in [0.2, 0.25) is 0 Å². The number of nitrogens with zero attached hydrogens (tertiary/aromatic N) is 2. The molecule has 1 fully saturated rings. The van der Waals surface area contributed by atoms with E-state index in [9.17, 15) is 5.11 Å². The van der Waals surface area contributed by atoms with Crippen molar-refractivity contribution in [2.75, 3.05) is 40.3 Å². The molecule has 1 saturated heterocycles. The molecule has 1 aromatic carbocycles. The standard InChI is InChI=1S/C19H32N2O3/c1-14-10-21(11-15(2)24-14)13-18(22)12-20(4)16(3)17-6-8-19(23-5)9-7-17/h6-9,14-16,18,22H,10-13H2,1-5H3. The molecule has 4 unspecified atom stereocenters. The summed E-state index contributed by atoms with van der Waals surface area (Å²) < 4.78 is 11.0. The van der Waals surface area contributed by atoms with E-state index in [-0.39, 0.29) is 24.4 Å². The van der Waals surface area contributed by atoms with Gasteiger partial charge in [0.1, 0.15) is 5.75 Å². The van der Waals surface area contributed by atoms with Gasteiger partial charge in [0.05, 0.1) is 25.4 Å². The third-order valence-corrected chi connectivity index (χ3v) is 4.72. The molecule has 1 aliphatic heterocycles. The number of likely N-dealkylation sites (N-methyl/N-ethyl adjacent to an activating group) is 1. The summed E-state index contributed by atoms with van der Waals surface area (Å²) >= 11 is 0. The maximum absolute atomic E-state index is 10.5. The molecular weight excluding hydrogens is 304 g/mol. The van der Waals surface area contributed by atoms with Crippen LogP contribution < -0.4 is 4.74 Å². The van der Waals surface area contributed by atoms with Crippen molar-refractivity contribution in [3.05, 3.63) is 29.8 Å². The minimum absolute atomic E-state index is 0.233. The van der Waals surface area contributed by atoms with Crippen LogP contribution in [0, 0.1) is 0 Å². The number of ether oxygens (including phenoxy) is 2. The molecule has 5 heteroatoms. The normalized spacial score (nSPS) is 24.8. The molecule has 136 valence electrons. The van der Waals surface area contributed by atoms with Crippen LogP contribution in [0.4, 0.5) is 0 Å². The van der Waals surface area contributed by atoms with Gasteiger partial charge in [0.15, 0.2) is 0 Å². The first-order chi connectivity index (χ1) is 11.4. The highest BCUT2D eigenvalue weighted by Gasteiger charge is 2.24. The quantitative estimate of drug-likeness (QED) is 0.827. The zero-order valence-electron chi connectivity index (χ0n) is 15.6. The van der Waals surface area contributed by atoms with Gasteiger partial charge in [-0.3, -0.25) is 9.80 Å². The van der Waals surface area contributed by atoms with Crippen molar-refractivity contribution in [1.29, 1.82) is 0 Å². The Morgan fingerprint density at radius 2 is 1.83 bits per heavy atom. The van der Waals surface area contributed by atoms with E-state index in [1.54, 1.807) is 7.11 Å². The highest BCUT2D eigenvalue weighted by atomic mass is 16.5. The van der Waals surface area contributed by atoms with Crippen LogP contribution in [-0.2, 0) is 4.74 Å². The summed E-state index contributed by atoms with van der Waals surface area (Å²) in [7, 11) is 3.73. The Morgan fingerprint density at radius 1 is 1.25 bits per heavy atom. The van der Waals surface area contributed by atoms with Gasteiger partial charge in [-0.25, -0.2) is 0 Å². The van der Waals surface area contributed by atoms with E-state index in [1.165, 1.54) is 5.56 Å². The molecule has 1 heterocycles. The highest BCUT2D eigenvalue weighted by Crippen LogP contribution is 2.22. The monoisotopic (exact) mass is 336 g/mol. The zero-order valence-corrected chi connectivity index (χ0v) is 15.6. The van der Waals surface area contributed by atoms with Gasteiger partial charge in [0.25, 0.3) is 0 Å². The average Bonchev–Trinajstić information content (AvgIpc) is 2.53. The average molecular weight is 336 g/mol. The van der Waals surface area contributed by atoms with E-state index < -0.39 is 0 Å². The van der Waals surface area contributed by atoms with Crippen molar-refractivity contribution < 1.29 is 14.6 Å². The topological polar surface area (TPSA) is 45.2 Å². The summed E-state index contributed by atoms with van der Waals surface area (Å²) in [6, 6.07) is 8.36. The Bertz CT molecular complexity index is 484. The first kappa shape index (κ1) is 19.2. The summed E-state index contributed by atoms with van der Waals surface area (Å²) in [5, 5.41) is 10.5. The molecule has 1 aliphatic rings. The van der Waals surface area contributed by atoms with Crippen molar-refractivity contribution >= 4 is 0 Å². The molecule has 1 aromatic rings. The van der Waals surface area contributed by atoms with E-state index in [2.05, 4.69) is 49.8 Å². The minimum Gasteiger partial charge on any atom is -0.497 e. The number of rotatable bonds is 7. The van der Waals surface area contributed by atoms with Gasteiger partial charge in [-0.1, -0.05) is 12.1 Å². The highest BCUT2D eigenvalue weighted by molar-refractivity contribution is 5.28. The summed E-state index contributed by atoms with van der Waals surface area (Å²) in [6.45, 7) is 9.45. The third kappa shape index (κ3) is 5.45. The second kappa shape index (κ2) is 8.81. The van der Waals surface area contributed by atoms with E-state index in [1.807, 2.05) is 12.1 Å². The molecule has 5 nitrogen and oxygen atoms in total. The van der Waals surface area contributed by atoms with Gasteiger partial charge in [-0.15, -0.1) is 0 Å². The number of hydrogen-bond donors (Lipinski definition) is 1. The van der Waals surface area contributed by atoms with Crippen LogP contribution >= 0.6 is 0 Å². The number of morpholine rings is 1. The van der Waals surface area contributed by atoms with E-state index in [0.717, 1.165) is 18.8 Å². The van der Waals surface area contributed by atoms with Crippen molar-refractivity contribution in [1.82, 2.24) is 9.80 Å². The SMILES string of the molecule is COc1ccc(C(C)N(C)CC(O)CN2CC(C)OC(C)C2)cc1. The molecule has 2 rings (SSSR count). The number of methoxy groups -OCH3 is 1. The number of benzene rings is 1. The predicted molar refractivity (Wildman–Crippen MR) is 96.5 cm³/mol. The third-order valence-electron chi connectivity index (χ3n) is 4.72. The lowest BCUT2D eigenvalue weighted by atomic mass is 10.1. The van der Waals surface area contributed by atoms with Crippen LogP contribution in [0.1, 0.15) is 32.4 Å². The Kier molecular flexibility index (Phi) is 7.04. The molecule has 4 atom stereocenters. The molecule has 0 amide bonds. The van der Waals surface area contributed by atoms with Gasteiger partial charge >= 0.3 is 0 Å². The summed E-state index contributed by atoms with van der Waals surface area (Å²) in [4.78, 5) is 4.50. The van der Waals surface area contributed by atoms with Gasteiger partial charge in [0, 0.05) is 32.2 Å². The Labute approximate surface area is 146 Å². The molecule has 0 radical (unpaired) electrons. The maximum Gasteiger partial charge on any atom is 0.118 e. The van der Waals surface area contributed by atoms with Crippen LogP contribution in [0.15, 0.2) is 24.3 Å². The largest absolute Gasteiger partial charge is 0.497 e. The maximum atomic E-state index is 10.5. The van der Waals surface area contributed by atoms with Crippen LogP contribution in [0.5, 0.6) is 5.75 Å². The summed E-state index contributed by atoms with van der Waals surface area (Å²) in [5.74, 6) is 0.865. The zero-order chi connectivity index (χ0) is 17.7. The van der Waals surface area contributed by atoms with Gasteiger partial charge in [-0.05, 0) is 45.5 Å². The van der Waals surface area contributed by atoms with Crippen molar-refractivity contribution in [3.8, 4) is 5.75 Å². The second-order valence-electron chi connectivity index (χ2n) is 7.02. The van der Waals surface area contributed by atoms with Crippen molar-refractivity contribution in [2.24, 2.45) is 0 Å². The fraction of sp³-hybridized carbons (Fsp3) is 0.684. The predicted octanol–water partition coefficient (Wildman–Crippen LogP) is 2.16. The molecule has 0 aromatic heterocycles. The molecule has 0 aliphatic carbocycles. The number of aliphatic hydroxyl groups is 1. The Hall–Kier alpha value is -1.14. The second-order valence-corrected chi connectivity index (χ2v) is 7.02. The first-order valence-electron chi connectivity index (χ1n) is 8.79. The van der Waals surface area contributed by atoms with Crippen LogP contribution in [0.25, 0.3) is 0 Å². The van der Waals surface area contributed by atoms with Crippen LogP contribution in [0.2, 0.25) is 0 Å². The van der Waals surface area contributed by atoms with Crippen LogP contribution in [-0.4, -0.2) is 73.6 Å². The molecule has 0 spiro atoms. The first-order valence-corrected chi connectivity index (χ1v) is 8.79. The molecule has 0 saturated carbocycles. The number of aliphatic hydroxyl groups excluding tert-OH is 1. The lowest BCUT2D eigenvalue weighted by Crippen LogP contribution is -2.49. The number of hydrogen-bond acceptors (Lipinski definition) is 5. The molecular formula is C19H32N2O3. The number of β-amino-alcohol motifs (C(OH)–C–C–N with tert-alkyl or cyclic N) is 1. The van der Waals surface area contributed by atoms with Gasteiger partial charge in [-0.2, -0.15) is 0 Å². The molecule has 0 bridgehead atoms. The lowest BCUT2D eigenvalue weighted by molar-refractivity contribution is -0.0781. The van der Waals surface area contributed by atoms with Crippen molar-refractivity contribution in [2.45, 2.75) is 45.1 Å². The Balaban J connectivity index is 1.84. The smallest absolute Gasteiger partial charge is 0.118 e. The van der Waals surface area contributed by atoms with Gasteiger partial charge < -0.3 is 14.6 Å². The fourth-order valence-electron chi connectivity index (χ4n) is 3.42. The summed E-state index contributed by atoms with van der Waals surface area (Å²) in [6.07, 6.45) is 0.0991. The fourth-order valence-corrected chi connectivity index (χ4v) is 3.42. The van der Waals surface area contributed by atoms with Crippen molar-refractivity contribution in [3.63, 3.8) is 0 Å². The van der Waals surface area contributed by atoms with E-state index >= 15 is 0 Å². The molecule has 1 N–H and O–H groups in total. The van der Waals surface area contributed by atoms with E-state index in [4.69, 9.17) is 9.47 Å². The lowest BCUT2D eigenvalue weighted by Gasteiger charge is -2.37. The Morgan fingerprint density at radius 3 is 2.38 bits per heavy atom. The summed E-state index contributed by atoms with van der Waals surface area (Å²) in [5.41, 5.74) is 1.22.